The van der Waals surface area contributed by atoms with Gasteiger partial charge in [0.05, 0.1) is 17.6 Å². The Kier molecular flexibility index (Phi) is 6.38. The highest BCUT2D eigenvalue weighted by Crippen LogP contribution is 2.25. The van der Waals surface area contributed by atoms with Crippen molar-refractivity contribution in [3.63, 3.8) is 0 Å². The highest BCUT2D eigenvalue weighted by Gasteiger charge is 2.16. The van der Waals surface area contributed by atoms with Crippen LogP contribution in [-0.2, 0) is 6.42 Å². The van der Waals surface area contributed by atoms with Gasteiger partial charge in [-0.1, -0.05) is 17.3 Å². The third kappa shape index (κ3) is 4.86. The van der Waals surface area contributed by atoms with Crippen molar-refractivity contribution in [3.05, 3.63) is 99.9 Å². The summed E-state index contributed by atoms with van der Waals surface area (Å²) in [7, 11) is 0. The molecular formula is C27H28N4O2. The number of aliphatic hydroxyl groups excluding tert-OH is 1. The second-order valence-electron chi connectivity index (χ2n) is 8.41. The summed E-state index contributed by atoms with van der Waals surface area (Å²) in [6.07, 6.45) is 2.22. The van der Waals surface area contributed by atoms with Gasteiger partial charge < -0.3 is 10.4 Å². The van der Waals surface area contributed by atoms with E-state index in [1.54, 1.807) is 10.9 Å². The number of aromatic nitrogens is 3. The van der Waals surface area contributed by atoms with Crippen molar-refractivity contribution in [2.24, 2.45) is 0 Å². The van der Waals surface area contributed by atoms with E-state index in [0.29, 0.717) is 23.2 Å². The van der Waals surface area contributed by atoms with E-state index in [0.717, 1.165) is 28.2 Å². The Labute approximate surface area is 193 Å². The minimum atomic E-state index is -0.0275. The maximum absolute atomic E-state index is 13.4. The van der Waals surface area contributed by atoms with Crippen molar-refractivity contribution in [1.82, 2.24) is 15.0 Å². The monoisotopic (exact) mass is 440 g/mol. The lowest BCUT2D eigenvalue weighted by molar-refractivity contribution is 0.103. The number of hydrogen-bond acceptors (Lipinski definition) is 5. The van der Waals surface area contributed by atoms with Crippen molar-refractivity contribution in [3.8, 4) is 5.69 Å². The van der Waals surface area contributed by atoms with Crippen LogP contribution in [0.1, 0.15) is 43.9 Å². The van der Waals surface area contributed by atoms with E-state index in [4.69, 9.17) is 5.11 Å². The Morgan fingerprint density at radius 1 is 0.848 bits per heavy atom. The molecular weight excluding hydrogens is 412 g/mol. The molecule has 33 heavy (non-hydrogen) atoms. The lowest BCUT2D eigenvalue weighted by Gasteiger charge is -2.13. The zero-order valence-corrected chi connectivity index (χ0v) is 19.4. The Hall–Kier alpha value is -3.77. The number of hydrogen-bond donors (Lipinski definition) is 2. The summed E-state index contributed by atoms with van der Waals surface area (Å²) in [4.78, 5) is 13.4. The summed E-state index contributed by atoms with van der Waals surface area (Å²) in [5.41, 5.74) is 9.01. The van der Waals surface area contributed by atoms with E-state index >= 15 is 0 Å². The molecule has 0 fully saturated rings. The second-order valence-corrected chi connectivity index (χ2v) is 8.41. The summed E-state index contributed by atoms with van der Waals surface area (Å²) in [5, 5.41) is 20.7. The van der Waals surface area contributed by atoms with Crippen LogP contribution in [0, 0.1) is 27.7 Å². The molecule has 0 spiro atoms. The number of rotatable bonds is 7. The maximum atomic E-state index is 13.4. The molecule has 3 aromatic carbocycles. The van der Waals surface area contributed by atoms with Crippen LogP contribution in [0.3, 0.4) is 0 Å². The Balaban J connectivity index is 1.60. The summed E-state index contributed by atoms with van der Waals surface area (Å²) in [5.74, 6) is -0.0275. The molecule has 0 unspecified atom stereocenters. The number of nitrogens with zero attached hydrogens (tertiary/aromatic N) is 3. The van der Waals surface area contributed by atoms with Crippen LogP contribution >= 0.6 is 0 Å². The number of nitrogens with one attached hydrogen (secondary N) is 1. The third-order valence-corrected chi connectivity index (χ3v) is 5.91. The highest BCUT2D eigenvalue weighted by molar-refractivity contribution is 6.11. The lowest BCUT2D eigenvalue weighted by Crippen LogP contribution is -2.08. The first-order valence-corrected chi connectivity index (χ1v) is 11.0. The normalized spacial score (nSPS) is 10.9. The average Bonchev–Trinajstić information content (AvgIpc) is 3.25. The highest BCUT2D eigenvalue weighted by atomic mass is 16.3. The van der Waals surface area contributed by atoms with E-state index < -0.39 is 0 Å². The van der Waals surface area contributed by atoms with Crippen molar-refractivity contribution in [2.75, 3.05) is 11.9 Å². The molecule has 0 radical (unpaired) electrons. The number of benzene rings is 3. The molecule has 1 aromatic heterocycles. The van der Waals surface area contributed by atoms with Crippen LogP contribution in [0.5, 0.6) is 0 Å². The zero-order chi connectivity index (χ0) is 23.5. The van der Waals surface area contributed by atoms with Crippen molar-refractivity contribution in [1.29, 1.82) is 0 Å². The maximum Gasteiger partial charge on any atom is 0.193 e. The minimum Gasteiger partial charge on any atom is -0.396 e. The summed E-state index contributed by atoms with van der Waals surface area (Å²) >= 11 is 0. The number of aliphatic hydroxyl groups is 1. The molecule has 0 saturated carbocycles. The Morgan fingerprint density at radius 3 is 2.24 bits per heavy atom. The molecule has 0 atom stereocenters. The van der Waals surface area contributed by atoms with Crippen LogP contribution < -0.4 is 5.32 Å². The molecule has 4 aromatic rings. The van der Waals surface area contributed by atoms with Crippen LogP contribution in [-0.4, -0.2) is 32.5 Å². The zero-order valence-electron chi connectivity index (χ0n) is 19.4. The molecule has 1 heterocycles. The van der Waals surface area contributed by atoms with Gasteiger partial charge in [0.2, 0.25) is 0 Å². The molecule has 6 heteroatoms. The van der Waals surface area contributed by atoms with Gasteiger partial charge in [0.1, 0.15) is 0 Å². The quantitative estimate of drug-likeness (QED) is 0.395. The third-order valence-electron chi connectivity index (χ3n) is 5.91. The van der Waals surface area contributed by atoms with Gasteiger partial charge in [-0.2, -0.15) is 0 Å². The number of aryl methyl sites for hydroxylation is 4. The molecule has 0 bridgehead atoms. The lowest BCUT2D eigenvalue weighted by atomic mass is 9.95. The largest absolute Gasteiger partial charge is 0.396 e. The molecule has 0 aliphatic carbocycles. The molecule has 0 amide bonds. The van der Waals surface area contributed by atoms with Gasteiger partial charge in [0.15, 0.2) is 5.78 Å². The first kappa shape index (κ1) is 22.4. The van der Waals surface area contributed by atoms with Crippen LogP contribution in [0.2, 0.25) is 0 Å². The van der Waals surface area contributed by atoms with Crippen LogP contribution in [0.4, 0.5) is 11.4 Å². The molecule has 0 aliphatic rings. The number of anilines is 2. The molecule has 6 nitrogen and oxygen atoms in total. The van der Waals surface area contributed by atoms with Crippen molar-refractivity contribution >= 4 is 17.2 Å². The fraction of sp³-hybridized carbons (Fsp3) is 0.222. The predicted octanol–water partition coefficient (Wildman–Crippen LogP) is 5.01. The van der Waals surface area contributed by atoms with Gasteiger partial charge in [-0.3, -0.25) is 4.79 Å². The summed E-state index contributed by atoms with van der Waals surface area (Å²) in [6.45, 7) is 8.09. The average molecular weight is 441 g/mol. The van der Waals surface area contributed by atoms with Gasteiger partial charge >= 0.3 is 0 Å². The van der Waals surface area contributed by atoms with E-state index in [9.17, 15) is 4.79 Å². The Morgan fingerprint density at radius 2 is 1.55 bits per heavy atom. The fourth-order valence-corrected chi connectivity index (χ4v) is 3.78. The predicted molar refractivity (Wildman–Crippen MR) is 131 cm³/mol. The van der Waals surface area contributed by atoms with E-state index in [2.05, 4.69) is 47.7 Å². The summed E-state index contributed by atoms with van der Waals surface area (Å²) in [6, 6.07) is 17.8. The van der Waals surface area contributed by atoms with Crippen molar-refractivity contribution < 1.29 is 9.90 Å². The van der Waals surface area contributed by atoms with Gasteiger partial charge in [0, 0.05) is 35.5 Å². The van der Waals surface area contributed by atoms with Gasteiger partial charge in [-0.15, -0.1) is 5.10 Å². The minimum absolute atomic E-state index is 0.0178. The van der Waals surface area contributed by atoms with E-state index in [-0.39, 0.29) is 12.4 Å². The van der Waals surface area contributed by atoms with E-state index in [1.165, 1.54) is 11.1 Å². The Bertz CT molecular complexity index is 1320. The topological polar surface area (TPSA) is 80.0 Å². The fourth-order valence-electron chi connectivity index (χ4n) is 3.78. The van der Waals surface area contributed by atoms with Gasteiger partial charge in [-0.05, 0) is 92.4 Å². The van der Waals surface area contributed by atoms with Crippen LogP contribution in [0.15, 0.2) is 60.8 Å². The number of ketones is 1. The summed E-state index contributed by atoms with van der Waals surface area (Å²) < 4.78 is 1.63. The van der Waals surface area contributed by atoms with Crippen LogP contribution in [0.25, 0.3) is 5.69 Å². The number of carbonyl (C=O) groups is 1. The number of carbonyl (C=O) groups excluding carboxylic acids is 1. The van der Waals surface area contributed by atoms with Gasteiger partial charge in [0.25, 0.3) is 0 Å². The first-order chi connectivity index (χ1) is 15.9. The van der Waals surface area contributed by atoms with Crippen molar-refractivity contribution in [2.45, 2.75) is 34.1 Å². The second kappa shape index (κ2) is 9.38. The molecule has 4 rings (SSSR count). The smallest absolute Gasteiger partial charge is 0.193 e. The molecule has 0 saturated heterocycles. The molecule has 0 aliphatic heterocycles. The molecule has 168 valence electrons. The molecule has 2 N–H and O–H groups in total. The first-order valence-electron chi connectivity index (χ1n) is 11.0. The standard InChI is InChI=1S/C27H28N4O2/c1-17-5-7-21(13-19(17)3)28-22-8-10-25(20(4)14-22)27(33)26-15-24(9-6-18(26)2)31-16-23(11-12-32)29-30-31/h5-10,13-16,28,32H,11-12H2,1-4H3. The SMILES string of the molecule is Cc1ccc(Nc2ccc(C(=O)c3cc(-n4cc(CCO)nn4)ccc3C)c(C)c2)cc1C. The van der Waals surface area contributed by atoms with E-state index in [1.807, 2.05) is 50.2 Å². The van der Waals surface area contributed by atoms with Gasteiger partial charge in [-0.25, -0.2) is 4.68 Å².